The first-order chi connectivity index (χ1) is 11.2. The third-order valence-corrected chi connectivity index (χ3v) is 3.85. The van der Waals surface area contributed by atoms with Gasteiger partial charge in [0.1, 0.15) is 17.2 Å². The van der Waals surface area contributed by atoms with Crippen molar-refractivity contribution in [2.45, 2.75) is 26.2 Å². The van der Waals surface area contributed by atoms with Gasteiger partial charge in [-0.3, -0.25) is 0 Å². The van der Waals surface area contributed by atoms with Gasteiger partial charge in [0.25, 0.3) is 0 Å². The van der Waals surface area contributed by atoms with Crippen LogP contribution in [-0.4, -0.2) is 27.4 Å². The summed E-state index contributed by atoms with van der Waals surface area (Å²) < 4.78 is 53.4. The number of benzene rings is 1. The second-order valence-electron chi connectivity index (χ2n) is 5.58. The Morgan fingerprint density at radius 3 is 2.62 bits per heavy atom. The highest BCUT2D eigenvalue weighted by atomic mass is 19.4. The molecule has 5 nitrogen and oxygen atoms in total. The summed E-state index contributed by atoms with van der Waals surface area (Å²) in [5.41, 5.74) is -0.608. The fourth-order valence-corrected chi connectivity index (χ4v) is 2.90. The van der Waals surface area contributed by atoms with Crippen LogP contribution in [-0.2, 0) is 19.3 Å². The Bertz CT molecular complexity index is 814. The highest BCUT2D eigenvalue weighted by molar-refractivity contribution is 5.95. The first-order valence-corrected chi connectivity index (χ1v) is 7.09. The standard InChI is InChI=1S/C15H13F4N3O2/c1-8-12(14(23)24)13-21(2-3-22(13)20-8)7-9-4-10(15(17,18)19)6-11(16)5-9/h4-6H,2-3,7H2,1H3,(H,23,24). The summed E-state index contributed by atoms with van der Waals surface area (Å²) >= 11 is 0. The molecule has 0 radical (unpaired) electrons. The van der Waals surface area contributed by atoms with E-state index in [-0.39, 0.29) is 17.7 Å². The van der Waals surface area contributed by atoms with Gasteiger partial charge in [-0.05, 0) is 30.7 Å². The quantitative estimate of drug-likeness (QED) is 0.871. The molecule has 0 amide bonds. The SMILES string of the molecule is Cc1nn2c(c1C(=O)O)N(Cc1cc(F)cc(C(F)(F)F)c1)CC2. The number of nitrogens with zero attached hydrogens (tertiary/aromatic N) is 3. The average Bonchev–Trinajstić information content (AvgIpc) is 2.96. The number of fused-ring (bicyclic) bond motifs is 1. The van der Waals surface area contributed by atoms with E-state index >= 15 is 0 Å². The Kier molecular flexibility index (Phi) is 3.73. The van der Waals surface area contributed by atoms with Crippen molar-refractivity contribution in [3.8, 4) is 0 Å². The van der Waals surface area contributed by atoms with Gasteiger partial charge in [0.2, 0.25) is 0 Å². The number of anilines is 1. The summed E-state index contributed by atoms with van der Waals surface area (Å²) in [6.07, 6.45) is -4.65. The predicted molar refractivity (Wildman–Crippen MR) is 76.4 cm³/mol. The Morgan fingerprint density at radius 2 is 2.00 bits per heavy atom. The number of hydrogen-bond donors (Lipinski definition) is 1. The third kappa shape index (κ3) is 2.81. The van der Waals surface area contributed by atoms with Crippen LogP contribution >= 0.6 is 0 Å². The Morgan fingerprint density at radius 1 is 1.29 bits per heavy atom. The van der Waals surface area contributed by atoms with Crippen molar-refractivity contribution in [2.75, 3.05) is 11.4 Å². The fraction of sp³-hybridized carbons (Fsp3) is 0.333. The number of hydrogen-bond acceptors (Lipinski definition) is 3. The molecule has 0 bridgehead atoms. The number of alkyl halides is 3. The fourth-order valence-electron chi connectivity index (χ4n) is 2.90. The highest BCUT2D eigenvalue weighted by Gasteiger charge is 2.33. The van der Waals surface area contributed by atoms with Crippen LogP contribution < -0.4 is 4.90 Å². The number of carbonyl (C=O) groups is 1. The van der Waals surface area contributed by atoms with Crippen molar-refractivity contribution in [1.82, 2.24) is 9.78 Å². The lowest BCUT2D eigenvalue weighted by Gasteiger charge is -2.19. The summed E-state index contributed by atoms with van der Waals surface area (Å²) in [6.45, 7) is 2.33. The molecule has 24 heavy (non-hydrogen) atoms. The lowest BCUT2D eigenvalue weighted by molar-refractivity contribution is -0.137. The maximum Gasteiger partial charge on any atom is 0.416 e. The van der Waals surface area contributed by atoms with E-state index in [1.165, 1.54) is 4.68 Å². The van der Waals surface area contributed by atoms with Crippen molar-refractivity contribution < 1.29 is 27.5 Å². The molecular weight excluding hydrogens is 330 g/mol. The zero-order valence-corrected chi connectivity index (χ0v) is 12.6. The van der Waals surface area contributed by atoms with E-state index in [0.29, 0.717) is 30.7 Å². The Balaban J connectivity index is 1.96. The number of aromatic nitrogens is 2. The van der Waals surface area contributed by atoms with Gasteiger partial charge in [-0.25, -0.2) is 13.9 Å². The van der Waals surface area contributed by atoms with Crippen LogP contribution in [0.1, 0.15) is 27.2 Å². The van der Waals surface area contributed by atoms with Gasteiger partial charge in [-0.15, -0.1) is 0 Å². The van der Waals surface area contributed by atoms with Gasteiger partial charge in [0.05, 0.1) is 17.8 Å². The van der Waals surface area contributed by atoms with E-state index < -0.39 is 23.5 Å². The molecule has 1 N–H and O–H groups in total. The van der Waals surface area contributed by atoms with Crippen molar-refractivity contribution in [2.24, 2.45) is 0 Å². The molecule has 3 rings (SSSR count). The van der Waals surface area contributed by atoms with E-state index in [4.69, 9.17) is 0 Å². The van der Waals surface area contributed by atoms with E-state index in [9.17, 15) is 27.5 Å². The van der Waals surface area contributed by atoms with Gasteiger partial charge in [-0.2, -0.15) is 18.3 Å². The molecule has 0 atom stereocenters. The smallest absolute Gasteiger partial charge is 0.416 e. The first-order valence-electron chi connectivity index (χ1n) is 7.09. The van der Waals surface area contributed by atoms with E-state index in [1.54, 1.807) is 11.8 Å². The van der Waals surface area contributed by atoms with Crippen LogP contribution in [0, 0.1) is 12.7 Å². The van der Waals surface area contributed by atoms with E-state index in [2.05, 4.69) is 5.10 Å². The molecule has 1 aromatic heterocycles. The maximum atomic E-state index is 13.5. The molecule has 0 saturated carbocycles. The van der Waals surface area contributed by atoms with Crippen LogP contribution in [0.3, 0.4) is 0 Å². The van der Waals surface area contributed by atoms with Crippen LogP contribution in [0.2, 0.25) is 0 Å². The summed E-state index contributed by atoms with van der Waals surface area (Å²) in [6, 6.07) is 2.32. The third-order valence-electron chi connectivity index (χ3n) is 3.85. The minimum Gasteiger partial charge on any atom is -0.477 e. The molecule has 1 aromatic carbocycles. The normalized spacial score (nSPS) is 14.1. The van der Waals surface area contributed by atoms with Crippen LogP contribution in [0.15, 0.2) is 18.2 Å². The maximum absolute atomic E-state index is 13.5. The number of carboxylic acids is 1. The van der Waals surface area contributed by atoms with Crippen LogP contribution in [0.4, 0.5) is 23.4 Å². The van der Waals surface area contributed by atoms with E-state index in [1.807, 2.05) is 0 Å². The number of aryl methyl sites for hydroxylation is 1. The average molecular weight is 343 g/mol. The molecular formula is C15H13F4N3O2. The second-order valence-corrected chi connectivity index (χ2v) is 5.58. The van der Waals surface area contributed by atoms with Crippen molar-refractivity contribution in [3.05, 3.63) is 46.4 Å². The Labute approximate surface area is 134 Å². The lowest BCUT2D eigenvalue weighted by atomic mass is 10.1. The number of rotatable bonds is 3. The summed E-state index contributed by atoms with van der Waals surface area (Å²) in [5, 5.41) is 13.4. The highest BCUT2D eigenvalue weighted by Crippen LogP contribution is 2.33. The number of carboxylic acid groups (broad SMARTS) is 1. The molecule has 0 spiro atoms. The first kappa shape index (κ1) is 16.3. The monoisotopic (exact) mass is 343 g/mol. The molecule has 0 aliphatic carbocycles. The molecule has 1 aliphatic heterocycles. The van der Waals surface area contributed by atoms with Gasteiger partial charge in [0, 0.05) is 13.1 Å². The molecule has 2 heterocycles. The molecule has 0 unspecified atom stereocenters. The molecule has 0 saturated heterocycles. The summed E-state index contributed by atoms with van der Waals surface area (Å²) in [4.78, 5) is 13.0. The molecule has 1 aliphatic rings. The van der Waals surface area contributed by atoms with Gasteiger partial charge < -0.3 is 10.0 Å². The molecule has 0 fully saturated rings. The minimum atomic E-state index is -4.65. The molecule has 2 aromatic rings. The topological polar surface area (TPSA) is 58.4 Å². The number of aromatic carboxylic acids is 1. The van der Waals surface area contributed by atoms with Crippen LogP contribution in [0.5, 0.6) is 0 Å². The van der Waals surface area contributed by atoms with Gasteiger partial charge in [-0.1, -0.05) is 0 Å². The summed E-state index contributed by atoms with van der Waals surface area (Å²) in [5.74, 6) is -1.81. The molecule has 128 valence electrons. The molecule has 9 heteroatoms. The lowest BCUT2D eigenvalue weighted by Crippen LogP contribution is -2.22. The zero-order chi connectivity index (χ0) is 17.6. The number of halogens is 4. The van der Waals surface area contributed by atoms with Crippen molar-refractivity contribution in [1.29, 1.82) is 0 Å². The predicted octanol–water partition coefficient (Wildman–Crippen LogP) is 3.07. The minimum absolute atomic E-state index is 0.0138. The van der Waals surface area contributed by atoms with Crippen LogP contribution in [0.25, 0.3) is 0 Å². The second kappa shape index (κ2) is 5.50. The zero-order valence-electron chi connectivity index (χ0n) is 12.6. The van der Waals surface area contributed by atoms with Gasteiger partial charge >= 0.3 is 12.1 Å². The largest absolute Gasteiger partial charge is 0.477 e. The van der Waals surface area contributed by atoms with E-state index in [0.717, 1.165) is 12.1 Å². The Hall–Kier alpha value is -2.58. The van der Waals surface area contributed by atoms with Crippen molar-refractivity contribution >= 4 is 11.8 Å². The van der Waals surface area contributed by atoms with Gasteiger partial charge in [0.15, 0.2) is 0 Å². The van der Waals surface area contributed by atoms with Crippen molar-refractivity contribution in [3.63, 3.8) is 0 Å². The summed E-state index contributed by atoms with van der Waals surface area (Å²) in [7, 11) is 0.